The fraction of sp³-hybridized carbons (Fsp3) is 0.567. The van der Waals surface area contributed by atoms with Gasteiger partial charge in [0, 0.05) is 39.6 Å². The molecule has 10 nitrogen and oxygen atoms in total. The Labute approximate surface area is 242 Å². The van der Waals surface area contributed by atoms with Crippen LogP contribution >= 0.6 is 0 Å². The Hall–Kier alpha value is -2.86. The maximum absolute atomic E-state index is 13.3. The molecule has 0 radical (unpaired) electrons. The number of benzene rings is 1. The smallest absolute Gasteiger partial charge is 0.303 e. The highest BCUT2D eigenvalue weighted by atomic mass is 32.2. The molecule has 1 aromatic carbocycles. The third-order valence-electron chi connectivity index (χ3n) is 8.81. The number of pyridine rings is 1. The molecule has 2 aliphatic carbocycles. The average molecular weight is 581 g/mol. The molecule has 41 heavy (non-hydrogen) atoms. The van der Waals surface area contributed by atoms with Crippen LogP contribution in [0.15, 0.2) is 30.3 Å². The summed E-state index contributed by atoms with van der Waals surface area (Å²) >= 11 is 0. The molecular formula is C30H40N6O4S. The molecular weight excluding hydrogens is 540 g/mol. The van der Waals surface area contributed by atoms with Gasteiger partial charge in [-0.1, -0.05) is 49.9 Å². The first-order valence-electron chi connectivity index (χ1n) is 14.9. The van der Waals surface area contributed by atoms with Crippen molar-refractivity contribution in [2.45, 2.75) is 69.9 Å². The predicted octanol–water partition coefficient (Wildman–Crippen LogP) is 4.24. The minimum absolute atomic E-state index is 0.0763. The highest BCUT2D eigenvalue weighted by Crippen LogP contribution is 2.44. The SMILES string of the molecule is CN(C)S(=O)(=O)NC(=O)c1cc(-c2ccc(CN3CCOCC3)cc2)c2c(C3CCC3)nn(C3CCCCC3)c2n1. The molecule has 0 spiro atoms. The molecule has 1 N–H and O–H groups in total. The Morgan fingerprint density at radius 2 is 1.73 bits per heavy atom. The summed E-state index contributed by atoms with van der Waals surface area (Å²) in [6.07, 6.45) is 8.93. The van der Waals surface area contributed by atoms with Crippen LogP contribution in [0.3, 0.4) is 0 Å². The Morgan fingerprint density at radius 3 is 2.37 bits per heavy atom. The van der Waals surface area contributed by atoms with Crippen molar-refractivity contribution in [1.82, 2.24) is 28.7 Å². The number of nitrogens with zero attached hydrogens (tertiary/aromatic N) is 5. The van der Waals surface area contributed by atoms with Crippen molar-refractivity contribution >= 4 is 27.1 Å². The normalized spacial score (nSPS) is 19.5. The number of rotatable bonds is 8. The van der Waals surface area contributed by atoms with Gasteiger partial charge in [0.1, 0.15) is 5.69 Å². The van der Waals surface area contributed by atoms with E-state index in [1.807, 2.05) is 0 Å². The zero-order valence-electron chi connectivity index (χ0n) is 24.0. The summed E-state index contributed by atoms with van der Waals surface area (Å²) < 4.78 is 35.7. The molecule has 3 aliphatic rings. The molecule has 3 fully saturated rings. The highest BCUT2D eigenvalue weighted by Gasteiger charge is 2.31. The Morgan fingerprint density at radius 1 is 1.02 bits per heavy atom. The van der Waals surface area contributed by atoms with E-state index in [1.54, 1.807) is 6.07 Å². The van der Waals surface area contributed by atoms with Crippen molar-refractivity contribution in [1.29, 1.82) is 0 Å². The van der Waals surface area contributed by atoms with Gasteiger partial charge in [0.2, 0.25) is 0 Å². The second-order valence-electron chi connectivity index (χ2n) is 11.8. The largest absolute Gasteiger partial charge is 0.379 e. The number of ether oxygens (including phenoxy) is 1. The van der Waals surface area contributed by atoms with Gasteiger partial charge in [-0.15, -0.1) is 0 Å². The van der Waals surface area contributed by atoms with Gasteiger partial charge >= 0.3 is 10.2 Å². The molecule has 0 unspecified atom stereocenters. The van der Waals surface area contributed by atoms with E-state index in [0.29, 0.717) is 11.6 Å². The van der Waals surface area contributed by atoms with Gasteiger partial charge in [-0.05, 0) is 48.4 Å². The number of morpholine rings is 1. The van der Waals surface area contributed by atoms with Crippen molar-refractivity contribution < 1.29 is 17.9 Å². The van der Waals surface area contributed by atoms with Gasteiger partial charge in [-0.2, -0.15) is 17.8 Å². The number of nitrogens with one attached hydrogen (secondary N) is 1. The molecule has 1 amide bonds. The standard InChI is InChI=1S/C30H40N6O4S/c1-34(2)41(38,39)33-30(37)26-19-25(22-13-11-21(12-14-22)20-35-15-17-40-18-16-35)27-28(23-7-6-8-23)32-36(29(27)31-26)24-9-4-3-5-10-24/h11-14,19,23-24H,3-10,15-18,20H2,1-2H3,(H,33,37). The van der Waals surface area contributed by atoms with Gasteiger partial charge in [0.05, 0.1) is 30.3 Å². The second kappa shape index (κ2) is 11.8. The molecule has 3 heterocycles. The van der Waals surface area contributed by atoms with E-state index in [9.17, 15) is 13.2 Å². The van der Waals surface area contributed by atoms with E-state index in [0.717, 1.165) is 97.9 Å². The van der Waals surface area contributed by atoms with E-state index < -0.39 is 16.1 Å². The zero-order chi connectivity index (χ0) is 28.6. The molecule has 11 heteroatoms. The molecule has 1 aliphatic heterocycles. The van der Waals surface area contributed by atoms with E-state index in [2.05, 4.69) is 38.6 Å². The maximum atomic E-state index is 13.3. The third-order valence-corrected chi connectivity index (χ3v) is 10.2. The monoisotopic (exact) mass is 580 g/mol. The molecule has 220 valence electrons. The molecule has 2 saturated carbocycles. The summed E-state index contributed by atoms with van der Waals surface area (Å²) in [6.45, 7) is 4.23. The van der Waals surface area contributed by atoms with Crippen LogP contribution in [0.4, 0.5) is 0 Å². The number of carbonyl (C=O) groups is 1. The van der Waals surface area contributed by atoms with Gasteiger partial charge in [-0.3, -0.25) is 9.69 Å². The Kier molecular flexibility index (Phi) is 8.13. The van der Waals surface area contributed by atoms with Crippen LogP contribution in [-0.4, -0.2) is 78.7 Å². The van der Waals surface area contributed by atoms with Crippen LogP contribution in [0.2, 0.25) is 0 Å². The Balaban J connectivity index is 1.46. The van der Waals surface area contributed by atoms with Crippen molar-refractivity contribution in [3.63, 3.8) is 0 Å². The first-order valence-corrected chi connectivity index (χ1v) is 16.3. The number of carbonyl (C=O) groups excluding carboxylic acids is 1. The fourth-order valence-electron chi connectivity index (χ4n) is 6.12. The van der Waals surface area contributed by atoms with Gasteiger partial charge in [0.25, 0.3) is 5.91 Å². The van der Waals surface area contributed by atoms with Crippen LogP contribution in [0.5, 0.6) is 0 Å². The lowest BCUT2D eigenvalue weighted by Gasteiger charge is -2.26. The summed E-state index contributed by atoms with van der Waals surface area (Å²) in [5, 5.41) is 6.19. The maximum Gasteiger partial charge on any atom is 0.303 e. The summed E-state index contributed by atoms with van der Waals surface area (Å²) in [5.74, 6) is -0.371. The average Bonchev–Trinajstić information content (AvgIpc) is 3.32. The van der Waals surface area contributed by atoms with Crippen LogP contribution in [-0.2, 0) is 21.5 Å². The number of hydrogen-bond donors (Lipinski definition) is 1. The van der Waals surface area contributed by atoms with Crippen molar-refractivity contribution in [3.8, 4) is 11.1 Å². The van der Waals surface area contributed by atoms with E-state index in [4.69, 9.17) is 14.8 Å². The molecule has 3 aromatic rings. The summed E-state index contributed by atoms with van der Waals surface area (Å²) in [4.78, 5) is 20.6. The number of aromatic nitrogens is 3. The van der Waals surface area contributed by atoms with Crippen LogP contribution < -0.4 is 4.72 Å². The number of fused-ring (bicyclic) bond motifs is 1. The van der Waals surface area contributed by atoms with Gasteiger partial charge in [-0.25, -0.2) is 14.4 Å². The minimum atomic E-state index is -3.97. The summed E-state index contributed by atoms with van der Waals surface area (Å²) in [5.41, 5.74) is 4.88. The van der Waals surface area contributed by atoms with Crippen molar-refractivity contribution in [2.24, 2.45) is 0 Å². The van der Waals surface area contributed by atoms with E-state index >= 15 is 0 Å². The Bertz CT molecular complexity index is 1500. The van der Waals surface area contributed by atoms with Crippen LogP contribution in [0.1, 0.15) is 85.1 Å². The number of hydrogen-bond acceptors (Lipinski definition) is 7. The van der Waals surface area contributed by atoms with E-state index in [-0.39, 0.29) is 11.7 Å². The van der Waals surface area contributed by atoms with Crippen LogP contribution in [0.25, 0.3) is 22.2 Å². The second-order valence-corrected chi connectivity index (χ2v) is 13.7. The lowest BCUT2D eigenvalue weighted by molar-refractivity contribution is 0.0342. The molecule has 1 saturated heterocycles. The van der Waals surface area contributed by atoms with Crippen molar-refractivity contribution in [3.05, 3.63) is 47.3 Å². The highest BCUT2D eigenvalue weighted by molar-refractivity contribution is 7.87. The van der Waals surface area contributed by atoms with Gasteiger partial charge < -0.3 is 4.74 Å². The first kappa shape index (κ1) is 28.3. The predicted molar refractivity (Wildman–Crippen MR) is 158 cm³/mol. The molecule has 6 rings (SSSR count). The lowest BCUT2D eigenvalue weighted by atomic mass is 9.81. The molecule has 0 bridgehead atoms. The topological polar surface area (TPSA) is 110 Å². The van der Waals surface area contributed by atoms with Gasteiger partial charge in [0.15, 0.2) is 5.65 Å². The third kappa shape index (κ3) is 5.90. The minimum Gasteiger partial charge on any atom is -0.379 e. The zero-order valence-corrected chi connectivity index (χ0v) is 24.8. The van der Waals surface area contributed by atoms with E-state index in [1.165, 1.54) is 32.5 Å². The molecule has 0 atom stereocenters. The first-order chi connectivity index (χ1) is 19.8. The van der Waals surface area contributed by atoms with Crippen molar-refractivity contribution in [2.75, 3.05) is 40.4 Å². The lowest BCUT2D eigenvalue weighted by Crippen LogP contribution is -2.39. The fourth-order valence-corrected chi connectivity index (χ4v) is 6.64. The quantitative estimate of drug-likeness (QED) is 0.425. The summed E-state index contributed by atoms with van der Waals surface area (Å²) in [6, 6.07) is 10.5. The number of amides is 1. The van der Waals surface area contributed by atoms with Crippen LogP contribution in [0, 0.1) is 0 Å². The molecule has 2 aromatic heterocycles. The summed E-state index contributed by atoms with van der Waals surface area (Å²) in [7, 11) is -1.20.